The smallest absolute Gasteiger partial charge is 0.387 e. The van der Waals surface area contributed by atoms with Crippen molar-refractivity contribution in [3.63, 3.8) is 0 Å². The van der Waals surface area contributed by atoms with Gasteiger partial charge in [-0.2, -0.15) is 13.2 Å². The van der Waals surface area contributed by atoms with E-state index in [1.807, 2.05) is 0 Å². The van der Waals surface area contributed by atoms with Crippen LogP contribution in [0, 0.1) is 5.82 Å². The largest absolute Gasteiger partial charge is 0.419 e. The number of halogens is 4. The van der Waals surface area contributed by atoms with Crippen LogP contribution in [0.2, 0.25) is 0 Å². The number of fused-ring (bicyclic) bond motifs is 1. The Morgan fingerprint density at radius 1 is 1.13 bits per heavy atom. The summed E-state index contributed by atoms with van der Waals surface area (Å²) in [6.07, 6.45) is -2.84. The van der Waals surface area contributed by atoms with Gasteiger partial charge in [-0.25, -0.2) is 4.39 Å². The lowest BCUT2D eigenvalue weighted by Crippen LogP contribution is -2.19. The molecule has 1 aromatic carbocycles. The number of hydrogen-bond acceptors (Lipinski definition) is 2. The summed E-state index contributed by atoms with van der Waals surface area (Å²) in [5.41, 5.74) is -0.0115. The molecule has 1 heterocycles. The van der Waals surface area contributed by atoms with Gasteiger partial charge in [0.25, 0.3) is 0 Å². The molecule has 0 bridgehead atoms. The summed E-state index contributed by atoms with van der Waals surface area (Å²) in [6.45, 7) is 0. The first-order chi connectivity index (χ1) is 10.9. The minimum absolute atomic E-state index is 0.0614. The van der Waals surface area contributed by atoms with Crippen LogP contribution < -0.4 is 0 Å². The third-order valence-electron chi connectivity index (χ3n) is 4.26. The number of aliphatic hydroxyl groups excluding tert-OH is 1. The van der Waals surface area contributed by atoms with Gasteiger partial charge in [-0.3, -0.25) is 4.98 Å². The maximum Gasteiger partial charge on any atom is 0.419 e. The van der Waals surface area contributed by atoms with Gasteiger partial charge in [0, 0.05) is 6.20 Å². The third kappa shape index (κ3) is 3.08. The average Bonchev–Trinajstić information content (AvgIpc) is 2.49. The molecule has 0 spiro atoms. The quantitative estimate of drug-likeness (QED) is 0.831. The number of aromatic nitrogens is 1. The Hall–Kier alpha value is -1.95. The van der Waals surface area contributed by atoms with Crippen LogP contribution in [-0.4, -0.2) is 10.1 Å². The third-order valence-corrected chi connectivity index (χ3v) is 4.26. The number of benzene rings is 1. The number of alkyl halides is 3. The molecule has 2 nitrogen and oxygen atoms in total. The van der Waals surface area contributed by atoms with Crippen molar-refractivity contribution in [1.82, 2.24) is 4.98 Å². The van der Waals surface area contributed by atoms with Crippen LogP contribution in [0.1, 0.15) is 47.2 Å². The summed E-state index contributed by atoms with van der Waals surface area (Å²) < 4.78 is 53.1. The summed E-state index contributed by atoms with van der Waals surface area (Å²) >= 11 is 0. The van der Waals surface area contributed by atoms with E-state index in [9.17, 15) is 22.7 Å². The second-order valence-corrected chi connectivity index (χ2v) is 5.74. The first-order valence-corrected chi connectivity index (χ1v) is 7.35. The summed E-state index contributed by atoms with van der Waals surface area (Å²) in [6, 6.07) is 6.89. The van der Waals surface area contributed by atoms with Gasteiger partial charge >= 0.3 is 6.18 Å². The van der Waals surface area contributed by atoms with Gasteiger partial charge in [0.15, 0.2) is 0 Å². The lowest BCUT2D eigenvalue weighted by atomic mass is 9.80. The van der Waals surface area contributed by atoms with Crippen LogP contribution in [0.25, 0.3) is 0 Å². The van der Waals surface area contributed by atoms with Crippen LogP contribution in [0.15, 0.2) is 36.5 Å². The van der Waals surface area contributed by atoms with Crippen molar-refractivity contribution in [1.29, 1.82) is 0 Å². The molecule has 0 amide bonds. The molecule has 0 unspecified atom stereocenters. The van der Waals surface area contributed by atoms with Crippen LogP contribution in [-0.2, 0) is 12.6 Å². The number of hydrogen-bond donors (Lipinski definition) is 1. The Morgan fingerprint density at radius 3 is 2.65 bits per heavy atom. The molecule has 6 heteroatoms. The van der Waals surface area contributed by atoms with Crippen molar-refractivity contribution in [2.24, 2.45) is 0 Å². The van der Waals surface area contributed by atoms with Crippen LogP contribution in [0.5, 0.6) is 0 Å². The summed E-state index contributed by atoms with van der Waals surface area (Å²) in [5, 5.41) is 9.97. The Bertz CT molecular complexity index is 714. The zero-order valence-electron chi connectivity index (χ0n) is 12.1. The average molecular weight is 325 g/mol. The summed E-state index contributed by atoms with van der Waals surface area (Å²) in [7, 11) is 0. The normalized spacial score (nSPS) is 21.1. The van der Waals surface area contributed by atoms with Crippen molar-refractivity contribution in [3.8, 4) is 0 Å². The second-order valence-electron chi connectivity index (χ2n) is 5.74. The van der Waals surface area contributed by atoms with E-state index in [0.717, 1.165) is 11.6 Å². The Kier molecular flexibility index (Phi) is 4.10. The van der Waals surface area contributed by atoms with E-state index in [-0.39, 0.29) is 17.9 Å². The van der Waals surface area contributed by atoms with E-state index in [0.29, 0.717) is 18.5 Å². The zero-order valence-corrected chi connectivity index (χ0v) is 12.1. The lowest BCUT2D eigenvalue weighted by molar-refractivity contribution is -0.140. The lowest BCUT2D eigenvalue weighted by Gasteiger charge is -2.28. The number of pyridine rings is 1. The van der Waals surface area contributed by atoms with Gasteiger partial charge in [-0.15, -0.1) is 0 Å². The second kappa shape index (κ2) is 5.92. The molecule has 1 aliphatic carbocycles. The van der Waals surface area contributed by atoms with Crippen LogP contribution in [0.4, 0.5) is 17.6 Å². The minimum atomic E-state index is -4.73. The van der Waals surface area contributed by atoms with Crippen molar-refractivity contribution in [3.05, 3.63) is 64.7 Å². The van der Waals surface area contributed by atoms with E-state index >= 15 is 0 Å². The SMILES string of the molecule is O[C@H]1CC[C@@H](Cc2cccc(F)c2C(F)(F)F)c2cccnc21. The van der Waals surface area contributed by atoms with Crippen molar-refractivity contribution >= 4 is 0 Å². The summed E-state index contributed by atoms with van der Waals surface area (Å²) in [4.78, 5) is 4.13. The van der Waals surface area contributed by atoms with E-state index < -0.39 is 23.7 Å². The fraction of sp³-hybridized carbons (Fsp3) is 0.353. The van der Waals surface area contributed by atoms with Gasteiger partial charge < -0.3 is 5.11 Å². The molecule has 0 saturated heterocycles. The molecule has 0 radical (unpaired) electrons. The first-order valence-electron chi connectivity index (χ1n) is 7.35. The molecule has 2 atom stereocenters. The highest BCUT2D eigenvalue weighted by molar-refractivity contribution is 5.36. The molecule has 1 aliphatic rings. The fourth-order valence-corrected chi connectivity index (χ4v) is 3.24. The highest BCUT2D eigenvalue weighted by Crippen LogP contribution is 2.41. The van der Waals surface area contributed by atoms with Crippen molar-refractivity contribution < 1.29 is 22.7 Å². The number of nitrogens with zero attached hydrogens (tertiary/aromatic N) is 1. The molecule has 0 saturated carbocycles. The molecule has 23 heavy (non-hydrogen) atoms. The fourth-order valence-electron chi connectivity index (χ4n) is 3.24. The van der Waals surface area contributed by atoms with Crippen molar-refractivity contribution in [2.45, 2.75) is 37.5 Å². The molecule has 0 fully saturated rings. The van der Waals surface area contributed by atoms with E-state index in [4.69, 9.17) is 0 Å². The zero-order chi connectivity index (χ0) is 16.6. The van der Waals surface area contributed by atoms with Gasteiger partial charge in [-0.1, -0.05) is 18.2 Å². The molecule has 0 aliphatic heterocycles. The van der Waals surface area contributed by atoms with E-state index in [2.05, 4.69) is 4.98 Å². The molecule has 122 valence electrons. The van der Waals surface area contributed by atoms with Gasteiger partial charge in [-0.05, 0) is 48.4 Å². The molecule has 2 aromatic rings. The van der Waals surface area contributed by atoms with Gasteiger partial charge in [0.1, 0.15) is 5.82 Å². The number of aliphatic hydroxyl groups is 1. The maximum absolute atomic E-state index is 13.7. The number of rotatable bonds is 2. The van der Waals surface area contributed by atoms with Crippen LogP contribution >= 0.6 is 0 Å². The molecular formula is C17H15F4NO. The standard InChI is InChI=1S/C17H15F4NO/c18-13-5-1-3-11(15(13)17(19,20)21)9-10-6-7-14(23)16-12(10)4-2-8-22-16/h1-5,8,10,14,23H,6-7,9H2/t10-,14-/m0/s1. The van der Waals surface area contributed by atoms with Crippen molar-refractivity contribution in [2.75, 3.05) is 0 Å². The maximum atomic E-state index is 13.7. The minimum Gasteiger partial charge on any atom is -0.387 e. The van der Waals surface area contributed by atoms with Gasteiger partial charge in [0.05, 0.1) is 17.4 Å². The van der Waals surface area contributed by atoms with Gasteiger partial charge in [0.2, 0.25) is 0 Å². The molecular weight excluding hydrogens is 310 g/mol. The predicted molar refractivity (Wildman–Crippen MR) is 76.3 cm³/mol. The molecule has 1 N–H and O–H groups in total. The topological polar surface area (TPSA) is 33.1 Å². The molecule has 3 rings (SSSR count). The van der Waals surface area contributed by atoms with E-state index in [1.165, 1.54) is 12.1 Å². The molecule has 1 aromatic heterocycles. The monoisotopic (exact) mass is 325 g/mol. The summed E-state index contributed by atoms with van der Waals surface area (Å²) in [5.74, 6) is -1.47. The highest BCUT2D eigenvalue weighted by atomic mass is 19.4. The Labute approximate surface area is 130 Å². The van der Waals surface area contributed by atoms with E-state index in [1.54, 1.807) is 18.3 Å². The Balaban J connectivity index is 1.98. The Morgan fingerprint density at radius 2 is 1.91 bits per heavy atom. The predicted octanol–water partition coefficient (Wildman–Crippen LogP) is 4.39. The first kappa shape index (κ1) is 15.9. The highest BCUT2D eigenvalue weighted by Gasteiger charge is 2.37. The van der Waals surface area contributed by atoms with Crippen LogP contribution in [0.3, 0.4) is 0 Å².